The topological polar surface area (TPSA) is 103 Å². The van der Waals surface area contributed by atoms with Crippen LogP contribution in [0.1, 0.15) is 12.0 Å². The summed E-state index contributed by atoms with van der Waals surface area (Å²) in [5.74, 6) is 0.518. The molecule has 0 radical (unpaired) electrons. The lowest BCUT2D eigenvalue weighted by atomic mass is 10.0. The predicted molar refractivity (Wildman–Crippen MR) is 80.9 cm³/mol. The lowest BCUT2D eigenvalue weighted by Gasteiger charge is -2.32. The molecule has 1 aromatic carbocycles. The molecule has 1 aliphatic heterocycles. The van der Waals surface area contributed by atoms with Crippen molar-refractivity contribution >= 4 is 5.78 Å². The van der Waals surface area contributed by atoms with Gasteiger partial charge in [-0.15, -0.1) is 0 Å². The maximum atomic E-state index is 12.3. The Kier molecular flexibility index (Phi) is 6.37. The molecule has 0 unspecified atom stereocenters. The highest BCUT2D eigenvalue weighted by Crippen LogP contribution is 2.22. The fourth-order valence-corrected chi connectivity index (χ4v) is 2.27. The van der Waals surface area contributed by atoms with Crippen molar-refractivity contribution in [1.82, 2.24) is 0 Å². The van der Waals surface area contributed by atoms with Crippen LogP contribution in [0.2, 0.25) is 0 Å². The number of carbonyl (C=O) groups is 1. The van der Waals surface area contributed by atoms with Crippen LogP contribution in [-0.2, 0) is 25.6 Å². The van der Waals surface area contributed by atoms with Gasteiger partial charge in [-0.3, -0.25) is 4.79 Å². The van der Waals surface area contributed by atoms with Crippen molar-refractivity contribution in [3.05, 3.63) is 40.3 Å². The van der Waals surface area contributed by atoms with Crippen molar-refractivity contribution in [2.45, 2.75) is 31.5 Å². The summed E-state index contributed by atoms with van der Waals surface area (Å²) >= 11 is 0. The quantitative estimate of drug-likeness (QED) is 0.435. The Labute approximate surface area is 133 Å². The van der Waals surface area contributed by atoms with E-state index in [-0.39, 0.29) is 18.9 Å². The summed E-state index contributed by atoms with van der Waals surface area (Å²) in [6.07, 6.45) is -1.76. The Morgan fingerprint density at radius 2 is 2.09 bits per heavy atom. The van der Waals surface area contributed by atoms with E-state index in [0.717, 1.165) is 11.3 Å². The van der Waals surface area contributed by atoms with Gasteiger partial charge in [-0.25, -0.2) is 0 Å². The standard InChI is InChI=1S/C15H19N3O5/c1-20-11-5-3-10(4-6-11)9-22-12-7-14(21-2)23-13(15(12)19)8-17-18-16/h3-6,12-14H,7-9H2,1-2H3/t12-,13-,14+/m1/s1. The van der Waals surface area contributed by atoms with E-state index >= 15 is 0 Å². The zero-order chi connectivity index (χ0) is 16.7. The third-order valence-electron chi connectivity index (χ3n) is 3.54. The smallest absolute Gasteiger partial charge is 0.190 e. The number of carbonyl (C=O) groups excluding carboxylic acids is 1. The van der Waals surface area contributed by atoms with Gasteiger partial charge in [0.1, 0.15) is 18.0 Å². The number of hydrogen-bond acceptors (Lipinski definition) is 6. The predicted octanol–water partition coefficient (Wildman–Crippen LogP) is 2.22. The van der Waals surface area contributed by atoms with Crippen molar-refractivity contribution in [3.63, 3.8) is 0 Å². The number of benzene rings is 1. The molecular formula is C15H19N3O5. The van der Waals surface area contributed by atoms with Gasteiger partial charge in [0.05, 0.1) is 20.3 Å². The van der Waals surface area contributed by atoms with E-state index in [9.17, 15) is 4.79 Å². The van der Waals surface area contributed by atoms with Crippen LogP contribution in [0.5, 0.6) is 5.75 Å². The van der Waals surface area contributed by atoms with E-state index in [1.54, 1.807) is 7.11 Å². The summed E-state index contributed by atoms with van der Waals surface area (Å²) in [5, 5.41) is 3.40. The highest BCUT2D eigenvalue weighted by atomic mass is 16.7. The second kappa shape index (κ2) is 8.50. The van der Waals surface area contributed by atoms with Gasteiger partial charge in [-0.1, -0.05) is 17.2 Å². The van der Waals surface area contributed by atoms with E-state index in [1.807, 2.05) is 24.3 Å². The van der Waals surface area contributed by atoms with Gasteiger partial charge in [0.15, 0.2) is 12.1 Å². The molecule has 1 aliphatic rings. The van der Waals surface area contributed by atoms with Crippen LogP contribution in [0.15, 0.2) is 29.4 Å². The molecule has 1 aromatic rings. The van der Waals surface area contributed by atoms with Crippen molar-refractivity contribution in [3.8, 4) is 5.75 Å². The van der Waals surface area contributed by atoms with Crippen LogP contribution in [0.4, 0.5) is 0 Å². The number of rotatable bonds is 7. The first-order valence-corrected chi connectivity index (χ1v) is 7.15. The Morgan fingerprint density at radius 1 is 1.35 bits per heavy atom. The second-order valence-electron chi connectivity index (χ2n) is 4.99. The minimum Gasteiger partial charge on any atom is -0.497 e. The monoisotopic (exact) mass is 321 g/mol. The number of methoxy groups -OCH3 is 2. The summed E-state index contributed by atoms with van der Waals surface area (Å²) in [6, 6.07) is 7.39. The molecule has 8 heteroatoms. The molecule has 0 amide bonds. The summed E-state index contributed by atoms with van der Waals surface area (Å²) in [7, 11) is 3.09. The number of nitrogens with zero attached hydrogens (tertiary/aromatic N) is 3. The summed E-state index contributed by atoms with van der Waals surface area (Å²) in [4.78, 5) is 15.0. The number of ketones is 1. The van der Waals surface area contributed by atoms with Crippen LogP contribution in [0, 0.1) is 0 Å². The third kappa shape index (κ3) is 4.67. The minimum atomic E-state index is -0.842. The molecule has 8 nitrogen and oxygen atoms in total. The first-order valence-electron chi connectivity index (χ1n) is 7.15. The van der Waals surface area contributed by atoms with E-state index in [4.69, 9.17) is 24.5 Å². The van der Waals surface area contributed by atoms with Gasteiger partial charge in [0, 0.05) is 18.4 Å². The van der Waals surface area contributed by atoms with Crippen LogP contribution < -0.4 is 4.74 Å². The highest BCUT2D eigenvalue weighted by Gasteiger charge is 2.37. The summed E-state index contributed by atoms with van der Waals surface area (Å²) in [5.41, 5.74) is 9.31. The van der Waals surface area contributed by atoms with Crippen LogP contribution >= 0.6 is 0 Å². The number of Topliss-reactive ketones (excluding diaryl/α,β-unsaturated/α-hetero) is 1. The number of hydrogen-bond donors (Lipinski definition) is 0. The SMILES string of the molecule is COc1ccc(CO[C@@H]2C[C@@H](OC)O[C@H](CN=[N+]=[N-])C2=O)cc1. The maximum absolute atomic E-state index is 12.3. The van der Waals surface area contributed by atoms with E-state index < -0.39 is 18.5 Å². The van der Waals surface area contributed by atoms with Crippen LogP contribution in [0.3, 0.4) is 0 Å². The molecule has 0 spiro atoms. The molecule has 0 saturated carbocycles. The number of azide groups is 1. The van der Waals surface area contributed by atoms with Gasteiger partial charge < -0.3 is 18.9 Å². The third-order valence-corrected chi connectivity index (χ3v) is 3.54. The fourth-order valence-electron chi connectivity index (χ4n) is 2.27. The normalized spacial score (nSPS) is 24.1. The molecule has 1 heterocycles. The molecule has 1 saturated heterocycles. The van der Waals surface area contributed by atoms with Crippen LogP contribution in [-0.4, -0.2) is 45.0 Å². The zero-order valence-corrected chi connectivity index (χ0v) is 13.0. The molecule has 2 rings (SSSR count). The Bertz CT molecular complexity index is 571. The first kappa shape index (κ1) is 17.2. The lowest BCUT2D eigenvalue weighted by molar-refractivity contribution is -0.207. The summed E-state index contributed by atoms with van der Waals surface area (Å²) in [6.45, 7) is 0.211. The van der Waals surface area contributed by atoms with E-state index in [1.165, 1.54) is 7.11 Å². The van der Waals surface area contributed by atoms with Gasteiger partial charge in [0.25, 0.3) is 0 Å². The minimum absolute atomic E-state index is 0.0718. The van der Waals surface area contributed by atoms with Gasteiger partial charge in [0.2, 0.25) is 0 Å². The average Bonchev–Trinajstić information content (AvgIpc) is 2.60. The molecule has 3 atom stereocenters. The zero-order valence-electron chi connectivity index (χ0n) is 13.0. The molecule has 1 fully saturated rings. The molecule has 0 aromatic heterocycles. The lowest BCUT2D eigenvalue weighted by Crippen LogP contribution is -2.47. The largest absolute Gasteiger partial charge is 0.497 e. The molecule has 124 valence electrons. The average molecular weight is 321 g/mol. The van der Waals surface area contributed by atoms with Crippen LogP contribution in [0.25, 0.3) is 10.4 Å². The fraction of sp³-hybridized carbons (Fsp3) is 0.533. The van der Waals surface area contributed by atoms with E-state index in [2.05, 4.69) is 10.0 Å². The Morgan fingerprint density at radius 3 is 2.70 bits per heavy atom. The van der Waals surface area contributed by atoms with Crippen molar-refractivity contribution in [1.29, 1.82) is 0 Å². The van der Waals surface area contributed by atoms with Crippen molar-refractivity contribution < 1.29 is 23.7 Å². The highest BCUT2D eigenvalue weighted by molar-refractivity contribution is 5.88. The molecule has 0 aliphatic carbocycles. The van der Waals surface area contributed by atoms with E-state index in [0.29, 0.717) is 6.42 Å². The molecule has 23 heavy (non-hydrogen) atoms. The second-order valence-corrected chi connectivity index (χ2v) is 4.99. The van der Waals surface area contributed by atoms with Gasteiger partial charge in [-0.2, -0.15) is 0 Å². The maximum Gasteiger partial charge on any atom is 0.190 e. The Balaban J connectivity index is 1.98. The summed E-state index contributed by atoms with van der Waals surface area (Å²) < 4.78 is 21.4. The van der Waals surface area contributed by atoms with Crippen molar-refractivity contribution in [2.75, 3.05) is 20.8 Å². The molecule has 0 N–H and O–H groups in total. The van der Waals surface area contributed by atoms with Gasteiger partial charge >= 0.3 is 0 Å². The first-order chi connectivity index (χ1) is 11.2. The molecular weight excluding hydrogens is 302 g/mol. The van der Waals surface area contributed by atoms with Gasteiger partial charge in [-0.05, 0) is 23.2 Å². The molecule has 0 bridgehead atoms. The van der Waals surface area contributed by atoms with Crippen molar-refractivity contribution in [2.24, 2.45) is 5.11 Å². The number of ether oxygens (including phenoxy) is 4. The Hall–Kier alpha value is -2.12.